The molecule has 0 atom stereocenters. The van der Waals surface area contributed by atoms with Crippen molar-refractivity contribution >= 4 is 5.96 Å². The summed E-state index contributed by atoms with van der Waals surface area (Å²) in [5.41, 5.74) is 1.09. The molecule has 2 heterocycles. The molecule has 0 saturated carbocycles. The number of para-hydroxylation sites is 1. The molecule has 1 aromatic heterocycles. The normalized spacial score (nSPS) is 15.6. The molecule has 0 unspecified atom stereocenters. The number of benzene rings is 1. The molecule has 1 N–H and O–H groups in total. The van der Waals surface area contributed by atoms with E-state index in [-0.39, 0.29) is 6.10 Å². The maximum atomic E-state index is 6.06. The van der Waals surface area contributed by atoms with Crippen LogP contribution in [0.1, 0.15) is 18.4 Å². The molecular formula is C20H26N4O2. The van der Waals surface area contributed by atoms with E-state index in [1.807, 2.05) is 55.7 Å². The van der Waals surface area contributed by atoms with Gasteiger partial charge in [0, 0.05) is 51.8 Å². The number of hydrogen-bond acceptors (Lipinski definition) is 4. The van der Waals surface area contributed by atoms with Crippen molar-refractivity contribution in [3.8, 4) is 11.6 Å². The fourth-order valence-corrected chi connectivity index (χ4v) is 3.03. The molecular weight excluding hydrogens is 328 g/mol. The van der Waals surface area contributed by atoms with E-state index in [0.29, 0.717) is 12.4 Å². The monoisotopic (exact) mass is 354 g/mol. The number of piperidine rings is 1. The average Bonchev–Trinajstić information content (AvgIpc) is 2.71. The van der Waals surface area contributed by atoms with Gasteiger partial charge in [0.15, 0.2) is 5.96 Å². The van der Waals surface area contributed by atoms with Gasteiger partial charge < -0.3 is 19.7 Å². The summed E-state index contributed by atoms with van der Waals surface area (Å²) in [6.45, 7) is 2.54. The van der Waals surface area contributed by atoms with E-state index in [0.717, 1.165) is 43.2 Å². The van der Waals surface area contributed by atoms with Crippen LogP contribution in [-0.2, 0) is 6.54 Å². The van der Waals surface area contributed by atoms with Crippen LogP contribution in [0.3, 0.4) is 0 Å². The molecule has 0 amide bonds. The molecule has 26 heavy (non-hydrogen) atoms. The van der Waals surface area contributed by atoms with Crippen LogP contribution in [0.5, 0.6) is 11.6 Å². The summed E-state index contributed by atoms with van der Waals surface area (Å²) < 4.78 is 11.1. The number of rotatable bonds is 5. The first kappa shape index (κ1) is 18.0. The second kappa shape index (κ2) is 9.08. The van der Waals surface area contributed by atoms with Crippen LogP contribution in [0.2, 0.25) is 0 Å². The SMILES string of the molecule is CN=C(NCc1ccc(OC)nc1)N1CCC(Oc2ccccc2)CC1. The van der Waals surface area contributed by atoms with Crippen molar-refractivity contribution in [3.63, 3.8) is 0 Å². The highest BCUT2D eigenvalue weighted by atomic mass is 16.5. The van der Waals surface area contributed by atoms with Crippen molar-refractivity contribution in [2.24, 2.45) is 4.99 Å². The van der Waals surface area contributed by atoms with Gasteiger partial charge in [-0.1, -0.05) is 24.3 Å². The average molecular weight is 354 g/mol. The molecule has 6 nitrogen and oxygen atoms in total. The first-order chi connectivity index (χ1) is 12.8. The lowest BCUT2D eigenvalue weighted by Crippen LogP contribution is -2.47. The third kappa shape index (κ3) is 4.88. The molecule has 1 aromatic carbocycles. The molecule has 0 bridgehead atoms. The quantitative estimate of drug-likeness (QED) is 0.661. The fraction of sp³-hybridized carbons (Fsp3) is 0.400. The summed E-state index contributed by atoms with van der Waals surface area (Å²) in [6.07, 6.45) is 4.05. The Hall–Kier alpha value is -2.76. The van der Waals surface area contributed by atoms with E-state index < -0.39 is 0 Å². The minimum absolute atomic E-state index is 0.262. The number of nitrogens with one attached hydrogen (secondary N) is 1. The molecule has 6 heteroatoms. The third-order valence-electron chi connectivity index (χ3n) is 4.46. The molecule has 1 saturated heterocycles. The molecule has 0 radical (unpaired) electrons. The number of aliphatic imine (C=N–C) groups is 1. The Morgan fingerprint density at radius 3 is 2.58 bits per heavy atom. The van der Waals surface area contributed by atoms with Crippen molar-refractivity contribution in [1.82, 2.24) is 15.2 Å². The maximum Gasteiger partial charge on any atom is 0.212 e. The molecule has 2 aromatic rings. The first-order valence-corrected chi connectivity index (χ1v) is 8.94. The lowest BCUT2D eigenvalue weighted by atomic mass is 10.1. The Bertz CT molecular complexity index is 696. The summed E-state index contributed by atoms with van der Waals surface area (Å²) in [4.78, 5) is 10.9. The van der Waals surface area contributed by atoms with Crippen LogP contribution in [0.25, 0.3) is 0 Å². The van der Waals surface area contributed by atoms with Crippen LogP contribution >= 0.6 is 0 Å². The van der Waals surface area contributed by atoms with Crippen LogP contribution < -0.4 is 14.8 Å². The minimum Gasteiger partial charge on any atom is -0.490 e. The van der Waals surface area contributed by atoms with Crippen molar-refractivity contribution < 1.29 is 9.47 Å². The molecule has 138 valence electrons. The van der Waals surface area contributed by atoms with E-state index in [1.165, 1.54) is 0 Å². The van der Waals surface area contributed by atoms with Crippen LogP contribution in [0.15, 0.2) is 53.7 Å². The molecule has 1 aliphatic rings. The zero-order valence-electron chi connectivity index (χ0n) is 15.4. The highest BCUT2D eigenvalue weighted by Gasteiger charge is 2.22. The van der Waals surface area contributed by atoms with Crippen molar-refractivity contribution in [1.29, 1.82) is 0 Å². The number of nitrogens with zero attached hydrogens (tertiary/aromatic N) is 3. The van der Waals surface area contributed by atoms with Gasteiger partial charge in [-0.25, -0.2) is 4.98 Å². The lowest BCUT2D eigenvalue weighted by Gasteiger charge is -2.34. The number of hydrogen-bond donors (Lipinski definition) is 1. The Labute approximate surface area is 154 Å². The van der Waals surface area contributed by atoms with Crippen LogP contribution in [0.4, 0.5) is 0 Å². The summed E-state index contributed by atoms with van der Waals surface area (Å²) in [6, 6.07) is 13.9. The highest BCUT2D eigenvalue weighted by molar-refractivity contribution is 5.79. The molecule has 0 aliphatic carbocycles. The summed E-state index contributed by atoms with van der Waals surface area (Å²) >= 11 is 0. The molecule has 0 spiro atoms. The second-order valence-corrected chi connectivity index (χ2v) is 6.23. The number of likely N-dealkylation sites (tertiary alicyclic amines) is 1. The van der Waals surface area contributed by atoms with Crippen LogP contribution in [-0.4, -0.2) is 49.2 Å². The molecule has 3 rings (SSSR count). The lowest BCUT2D eigenvalue weighted by molar-refractivity contribution is 0.129. The summed E-state index contributed by atoms with van der Waals surface area (Å²) in [5.74, 6) is 2.48. The van der Waals surface area contributed by atoms with Crippen LogP contribution in [0, 0.1) is 0 Å². The van der Waals surface area contributed by atoms with Crippen molar-refractivity contribution in [2.45, 2.75) is 25.5 Å². The summed E-state index contributed by atoms with van der Waals surface area (Å²) in [7, 11) is 3.44. The van der Waals surface area contributed by atoms with Gasteiger partial charge in [0.2, 0.25) is 5.88 Å². The molecule has 1 fully saturated rings. The number of guanidine groups is 1. The number of ether oxygens (including phenoxy) is 2. The fourth-order valence-electron chi connectivity index (χ4n) is 3.03. The third-order valence-corrected chi connectivity index (χ3v) is 4.46. The standard InChI is InChI=1S/C20H26N4O2/c1-21-20(23-15-16-8-9-19(25-2)22-14-16)24-12-10-18(11-13-24)26-17-6-4-3-5-7-17/h3-9,14,18H,10-13,15H2,1-2H3,(H,21,23). The van der Waals surface area contributed by atoms with E-state index >= 15 is 0 Å². The second-order valence-electron chi connectivity index (χ2n) is 6.23. The van der Waals surface area contributed by atoms with E-state index in [9.17, 15) is 0 Å². The van der Waals surface area contributed by atoms with Gasteiger partial charge in [0.25, 0.3) is 0 Å². The van der Waals surface area contributed by atoms with E-state index in [2.05, 4.69) is 20.2 Å². The Kier molecular flexibility index (Phi) is 6.30. The van der Waals surface area contributed by atoms with Gasteiger partial charge in [0.1, 0.15) is 11.9 Å². The largest absolute Gasteiger partial charge is 0.490 e. The summed E-state index contributed by atoms with van der Waals surface area (Å²) in [5, 5.41) is 3.41. The van der Waals surface area contributed by atoms with E-state index in [1.54, 1.807) is 7.11 Å². The predicted molar refractivity (Wildman–Crippen MR) is 103 cm³/mol. The number of aromatic nitrogens is 1. The van der Waals surface area contributed by atoms with Gasteiger partial charge in [-0.3, -0.25) is 4.99 Å². The Morgan fingerprint density at radius 2 is 1.96 bits per heavy atom. The topological polar surface area (TPSA) is 59.0 Å². The molecule has 1 aliphatic heterocycles. The van der Waals surface area contributed by atoms with E-state index in [4.69, 9.17) is 9.47 Å². The number of methoxy groups -OCH3 is 1. The van der Waals surface area contributed by atoms with Gasteiger partial charge in [-0.05, 0) is 17.7 Å². The first-order valence-electron chi connectivity index (χ1n) is 8.94. The maximum absolute atomic E-state index is 6.06. The number of pyridine rings is 1. The Balaban J connectivity index is 1.47. The predicted octanol–water partition coefficient (Wildman–Crippen LogP) is 2.71. The zero-order chi connectivity index (χ0) is 18.2. The van der Waals surface area contributed by atoms with Crippen molar-refractivity contribution in [3.05, 3.63) is 54.2 Å². The minimum atomic E-state index is 0.262. The Morgan fingerprint density at radius 1 is 1.19 bits per heavy atom. The smallest absolute Gasteiger partial charge is 0.212 e. The van der Waals surface area contributed by atoms with Gasteiger partial charge >= 0.3 is 0 Å². The van der Waals surface area contributed by atoms with Gasteiger partial charge in [0.05, 0.1) is 7.11 Å². The van der Waals surface area contributed by atoms with Crippen molar-refractivity contribution in [2.75, 3.05) is 27.2 Å². The van der Waals surface area contributed by atoms with Gasteiger partial charge in [-0.15, -0.1) is 0 Å². The zero-order valence-corrected chi connectivity index (χ0v) is 15.4. The highest BCUT2D eigenvalue weighted by Crippen LogP contribution is 2.18. The van der Waals surface area contributed by atoms with Gasteiger partial charge in [-0.2, -0.15) is 0 Å².